The molecule has 0 heterocycles. The van der Waals surface area contributed by atoms with Gasteiger partial charge in [0.2, 0.25) is 0 Å². The third-order valence-corrected chi connectivity index (χ3v) is 1.21. The molecular weight excluding hydrogens is 144 g/mol. The highest BCUT2D eigenvalue weighted by molar-refractivity contribution is 5.70. The topological polar surface area (TPSA) is 46.5 Å². The zero-order valence-electron chi connectivity index (χ0n) is 6.75. The number of methoxy groups -OCH3 is 1. The lowest BCUT2D eigenvalue weighted by atomic mass is 10.3. The van der Waals surface area contributed by atoms with Crippen molar-refractivity contribution in [3.8, 4) is 0 Å². The van der Waals surface area contributed by atoms with E-state index < -0.39 is 0 Å². The van der Waals surface area contributed by atoms with Gasteiger partial charge < -0.3 is 9.84 Å². The molecule has 0 unspecified atom stereocenters. The summed E-state index contributed by atoms with van der Waals surface area (Å²) in [6.45, 7) is 0.197. The van der Waals surface area contributed by atoms with Gasteiger partial charge in [-0.2, -0.15) is 0 Å². The number of unbranched alkanes of at least 4 members (excludes halogenated alkanes) is 1. The maximum absolute atomic E-state index is 10.5. The number of hydrogen-bond donors (Lipinski definition) is 1. The molecular formula is C8H14O3. The van der Waals surface area contributed by atoms with E-state index >= 15 is 0 Å². The zero-order valence-corrected chi connectivity index (χ0v) is 6.75. The van der Waals surface area contributed by atoms with Gasteiger partial charge in [0.1, 0.15) is 0 Å². The molecule has 0 atom stereocenters. The molecule has 11 heavy (non-hydrogen) atoms. The first-order valence-electron chi connectivity index (χ1n) is 3.64. The second kappa shape index (κ2) is 7.28. The SMILES string of the molecule is COC(=O)C/C=C/CCCO. The van der Waals surface area contributed by atoms with Gasteiger partial charge in [0.25, 0.3) is 0 Å². The minimum atomic E-state index is -0.231. The van der Waals surface area contributed by atoms with Gasteiger partial charge >= 0.3 is 5.97 Å². The van der Waals surface area contributed by atoms with Crippen molar-refractivity contribution in [2.75, 3.05) is 13.7 Å². The van der Waals surface area contributed by atoms with E-state index in [2.05, 4.69) is 4.74 Å². The fourth-order valence-electron chi connectivity index (χ4n) is 0.590. The Kier molecular flexibility index (Phi) is 6.73. The number of allylic oxidation sites excluding steroid dienone is 1. The maximum Gasteiger partial charge on any atom is 0.309 e. The highest BCUT2D eigenvalue weighted by Gasteiger charge is 1.92. The van der Waals surface area contributed by atoms with Crippen molar-refractivity contribution in [3.63, 3.8) is 0 Å². The molecule has 0 amide bonds. The van der Waals surface area contributed by atoms with E-state index in [4.69, 9.17) is 5.11 Å². The van der Waals surface area contributed by atoms with Gasteiger partial charge in [-0.1, -0.05) is 12.2 Å². The van der Waals surface area contributed by atoms with E-state index in [0.717, 1.165) is 12.8 Å². The summed E-state index contributed by atoms with van der Waals surface area (Å²) in [6, 6.07) is 0. The van der Waals surface area contributed by atoms with Crippen LogP contribution in [0, 0.1) is 0 Å². The average molecular weight is 158 g/mol. The molecule has 0 aliphatic heterocycles. The third-order valence-electron chi connectivity index (χ3n) is 1.21. The molecule has 64 valence electrons. The van der Waals surface area contributed by atoms with Crippen LogP contribution in [0.15, 0.2) is 12.2 Å². The number of aliphatic hydroxyl groups is 1. The second-order valence-electron chi connectivity index (χ2n) is 2.12. The number of carbonyl (C=O) groups excluding carboxylic acids is 1. The molecule has 3 nitrogen and oxygen atoms in total. The number of aliphatic hydroxyl groups excluding tert-OH is 1. The minimum Gasteiger partial charge on any atom is -0.469 e. The molecule has 0 saturated carbocycles. The van der Waals surface area contributed by atoms with Gasteiger partial charge in [-0.05, 0) is 12.8 Å². The standard InChI is InChI=1S/C8H14O3/c1-11-8(10)6-4-2-3-5-7-9/h2,4,9H,3,5-7H2,1H3/b4-2+. The quantitative estimate of drug-likeness (QED) is 0.367. The van der Waals surface area contributed by atoms with Crippen LogP contribution < -0.4 is 0 Å². The molecule has 0 aromatic heterocycles. The van der Waals surface area contributed by atoms with Crippen LogP contribution in [0.2, 0.25) is 0 Å². The van der Waals surface area contributed by atoms with Gasteiger partial charge in [0, 0.05) is 6.61 Å². The summed E-state index contributed by atoms with van der Waals surface area (Å²) in [4.78, 5) is 10.5. The van der Waals surface area contributed by atoms with Gasteiger partial charge in [-0.15, -0.1) is 0 Å². The Labute approximate surface area is 66.7 Å². The van der Waals surface area contributed by atoms with E-state index in [1.807, 2.05) is 6.08 Å². The van der Waals surface area contributed by atoms with Crippen LogP contribution in [-0.2, 0) is 9.53 Å². The fraction of sp³-hybridized carbons (Fsp3) is 0.625. The van der Waals surface area contributed by atoms with Crippen LogP contribution >= 0.6 is 0 Å². The maximum atomic E-state index is 10.5. The molecule has 0 spiro atoms. The fourth-order valence-corrected chi connectivity index (χ4v) is 0.590. The molecule has 0 fully saturated rings. The van der Waals surface area contributed by atoms with Crippen molar-refractivity contribution in [1.82, 2.24) is 0 Å². The lowest BCUT2D eigenvalue weighted by Gasteiger charge is -1.91. The zero-order chi connectivity index (χ0) is 8.53. The normalized spacial score (nSPS) is 10.4. The van der Waals surface area contributed by atoms with Crippen LogP contribution in [0.1, 0.15) is 19.3 Å². The first-order valence-corrected chi connectivity index (χ1v) is 3.64. The lowest BCUT2D eigenvalue weighted by Crippen LogP contribution is -1.96. The van der Waals surface area contributed by atoms with Crippen molar-refractivity contribution >= 4 is 5.97 Å². The van der Waals surface area contributed by atoms with Crippen LogP contribution in [0.3, 0.4) is 0 Å². The molecule has 0 aliphatic carbocycles. The van der Waals surface area contributed by atoms with Crippen LogP contribution in [0.25, 0.3) is 0 Å². The highest BCUT2D eigenvalue weighted by atomic mass is 16.5. The van der Waals surface area contributed by atoms with Crippen molar-refractivity contribution in [2.45, 2.75) is 19.3 Å². The van der Waals surface area contributed by atoms with Gasteiger partial charge in [-0.3, -0.25) is 4.79 Å². The van der Waals surface area contributed by atoms with E-state index in [1.165, 1.54) is 7.11 Å². The summed E-state index contributed by atoms with van der Waals surface area (Å²) < 4.78 is 4.42. The molecule has 0 rings (SSSR count). The van der Waals surface area contributed by atoms with E-state index in [0.29, 0.717) is 6.42 Å². The first kappa shape index (κ1) is 10.2. The third kappa shape index (κ3) is 7.06. The van der Waals surface area contributed by atoms with Crippen molar-refractivity contribution in [1.29, 1.82) is 0 Å². The monoisotopic (exact) mass is 158 g/mol. The Bertz CT molecular complexity index is 129. The summed E-state index contributed by atoms with van der Waals surface area (Å²) in [7, 11) is 1.36. The highest BCUT2D eigenvalue weighted by Crippen LogP contribution is 1.92. The number of hydrogen-bond acceptors (Lipinski definition) is 3. The Morgan fingerprint density at radius 3 is 2.82 bits per heavy atom. The molecule has 0 bridgehead atoms. The summed E-state index contributed by atoms with van der Waals surface area (Å²) in [5, 5.41) is 8.40. The Morgan fingerprint density at radius 1 is 1.55 bits per heavy atom. The average Bonchev–Trinajstić information content (AvgIpc) is 2.04. The Hall–Kier alpha value is -0.830. The Balaban J connectivity index is 3.22. The number of esters is 1. The summed E-state index contributed by atoms with van der Waals surface area (Å²) in [5.74, 6) is -0.231. The number of rotatable bonds is 5. The summed E-state index contributed by atoms with van der Waals surface area (Å²) in [5.41, 5.74) is 0. The van der Waals surface area contributed by atoms with E-state index in [9.17, 15) is 4.79 Å². The number of ether oxygens (including phenoxy) is 1. The van der Waals surface area contributed by atoms with Crippen LogP contribution in [0.4, 0.5) is 0 Å². The molecule has 3 heteroatoms. The minimum absolute atomic E-state index is 0.197. The first-order chi connectivity index (χ1) is 5.31. The lowest BCUT2D eigenvalue weighted by molar-refractivity contribution is -0.139. The second-order valence-corrected chi connectivity index (χ2v) is 2.12. The van der Waals surface area contributed by atoms with Crippen molar-refractivity contribution in [2.24, 2.45) is 0 Å². The van der Waals surface area contributed by atoms with Crippen molar-refractivity contribution < 1.29 is 14.6 Å². The molecule has 1 N–H and O–H groups in total. The molecule has 0 aromatic rings. The molecule has 0 saturated heterocycles. The van der Waals surface area contributed by atoms with Crippen LogP contribution in [-0.4, -0.2) is 24.8 Å². The van der Waals surface area contributed by atoms with Gasteiger partial charge in [0.05, 0.1) is 13.5 Å². The predicted molar refractivity (Wildman–Crippen MR) is 42.1 cm³/mol. The van der Waals surface area contributed by atoms with E-state index in [1.54, 1.807) is 6.08 Å². The van der Waals surface area contributed by atoms with E-state index in [-0.39, 0.29) is 12.6 Å². The van der Waals surface area contributed by atoms with Crippen LogP contribution in [0.5, 0.6) is 0 Å². The Morgan fingerprint density at radius 2 is 2.27 bits per heavy atom. The van der Waals surface area contributed by atoms with Gasteiger partial charge in [-0.25, -0.2) is 0 Å². The number of carbonyl (C=O) groups is 1. The molecule has 0 aromatic carbocycles. The predicted octanol–water partition coefficient (Wildman–Crippen LogP) is 0.878. The smallest absolute Gasteiger partial charge is 0.309 e. The largest absolute Gasteiger partial charge is 0.469 e. The van der Waals surface area contributed by atoms with Crippen molar-refractivity contribution in [3.05, 3.63) is 12.2 Å². The summed E-state index contributed by atoms with van der Waals surface area (Å²) in [6.07, 6.45) is 5.50. The summed E-state index contributed by atoms with van der Waals surface area (Å²) >= 11 is 0. The van der Waals surface area contributed by atoms with Gasteiger partial charge in [0.15, 0.2) is 0 Å². The molecule has 0 radical (unpaired) electrons. The molecule has 0 aliphatic rings.